The zero-order chi connectivity index (χ0) is 14.5. The summed E-state index contributed by atoms with van der Waals surface area (Å²) in [5, 5.41) is 3.08. The van der Waals surface area contributed by atoms with E-state index in [9.17, 15) is 4.79 Å². The minimum absolute atomic E-state index is 0.0608. The Hall–Kier alpha value is -1.75. The molecule has 0 unspecified atom stereocenters. The predicted octanol–water partition coefficient (Wildman–Crippen LogP) is 1.49. The van der Waals surface area contributed by atoms with E-state index >= 15 is 0 Å². The Bertz CT molecular complexity index is 468. The van der Waals surface area contributed by atoms with Gasteiger partial charge in [0.05, 0.1) is 12.8 Å². The number of benzene rings is 1. The molecule has 1 amide bonds. The highest BCUT2D eigenvalue weighted by atomic mass is 16.5. The molecule has 1 aliphatic rings. The summed E-state index contributed by atoms with van der Waals surface area (Å²) in [6.45, 7) is 5.34. The molecule has 0 spiro atoms. The number of nitrogens with zero attached hydrogens (tertiary/aromatic N) is 1. The molecular formula is C15H23N3O2. The summed E-state index contributed by atoms with van der Waals surface area (Å²) in [6, 6.07) is 5.39. The number of hydrogen-bond donors (Lipinski definition) is 2. The van der Waals surface area contributed by atoms with Gasteiger partial charge in [0.2, 0.25) is 0 Å². The van der Waals surface area contributed by atoms with E-state index in [0.717, 1.165) is 32.5 Å². The van der Waals surface area contributed by atoms with Gasteiger partial charge in [-0.05, 0) is 37.6 Å². The van der Waals surface area contributed by atoms with Gasteiger partial charge in [-0.1, -0.05) is 6.92 Å². The third-order valence-electron chi connectivity index (χ3n) is 3.86. The minimum Gasteiger partial charge on any atom is -0.495 e. The molecule has 0 atom stereocenters. The van der Waals surface area contributed by atoms with Gasteiger partial charge in [0.1, 0.15) is 5.75 Å². The number of anilines is 1. The molecule has 0 bridgehead atoms. The smallest absolute Gasteiger partial charge is 0.251 e. The van der Waals surface area contributed by atoms with E-state index in [1.54, 1.807) is 25.3 Å². The number of nitrogen functional groups attached to an aromatic ring is 1. The maximum atomic E-state index is 12.2. The molecule has 2 rings (SSSR count). The number of carbonyl (C=O) groups excluding carboxylic acids is 1. The molecule has 1 aromatic carbocycles. The second-order valence-electron chi connectivity index (χ2n) is 5.14. The summed E-state index contributed by atoms with van der Waals surface area (Å²) in [5.41, 5.74) is 6.90. The molecule has 5 heteroatoms. The summed E-state index contributed by atoms with van der Waals surface area (Å²) in [4.78, 5) is 14.6. The Morgan fingerprint density at radius 3 is 2.70 bits per heavy atom. The first-order chi connectivity index (χ1) is 9.63. The summed E-state index contributed by atoms with van der Waals surface area (Å²) in [5.74, 6) is 0.534. The lowest BCUT2D eigenvalue weighted by atomic mass is 10.0. The van der Waals surface area contributed by atoms with Crippen molar-refractivity contribution < 1.29 is 9.53 Å². The Morgan fingerprint density at radius 1 is 1.45 bits per heavy atom. The summed E-state index contributed by atoms with van der Waals surface area (Å²) in [6.07, 6.45) is 2.01. The van der Waals surface area contributed by atoms with Crippen LogP contribution in [0.15, 0.2) is 18.2 Å². The molecule has 1 fully saturated rings. The Balaban J connectivity index is 1.93. The minimum atomic E-state index is -0.0608. The third-order valence-corrected chi connectivity index (χ3v) is 3.86. The van der Waals surface area contributed by atoms with Crippen LogP contribution in [0.1, 0.15) is 30.1 Å². The van der Waals surface area contributed by atoms with Gasteiger partial charge in [-0.25, -0.2) is 0 Å². The van der Waals surface area contributed by atoms with Gasteiger partial charge in [-0.2, -0.15) is 0 Å². The number of piperidine rings is 1. The van der Waals surface area contributed by atoms with Crippen molar-refractivity contribution in [1.82, 2.24) is 10.2 Å². The van der Waals surface area contributed by atoms with E-state index in [-0.39, 0.29) is 11.9 Å². The third kappa shape index (κ3) is 3.42. The summed E-state index contributed by atoms with van der Waals surface area (Å²) >= 11 is 0. The van der Waals surface area contributed by atoms with Crippen molar-refractivity contribution >= 4 is 11.6 Å². The van der Waals surface area contributed by atoms with Crippen LogP contribution < -0.4 is 15.8 Å². The normalized spacial score (nSPS) is 16.9. The van der Waals surface area contributed by atoms with Crippen molar-refractivity contribution in [2.75, 3.05) is 32.5 Å². The average Bonchev–Trinajstić information content (AvgIpc) is 2.48. The van der Waals surface area contributed by atoms with Crippen molar-refractivity contribution in [3.63, 3.8) is 0 Å². The molecule has 0 saturated carbocycles. The van der Waals surface area contributed by atoms with Crippen molar-refractivity contribution in [3.05, 3.63) is 23.8 Å². The number of methoxy groups -OCH3 is 1. The van der Waals surface area contributed by atoms with E-state index in [2.05, 4.69) is 17.1 Å². The van der Waals surface area contributed by atoms with Crippen molar-refractivity contribution in [3.8, 4) is 5.75 Å². The number of amides is 1. The number of nitrogens with one attached hydrogen (secondary N) is 1. The molecule has 1 aromatic rings. The highest BCUT2D eigenvalue weighted by molar-refractivity contribution is 5.95. The van der Waals surface area contributed by atoms with Crippen molar-refractivity contribution in [1.29, 1.82) is 0 Å². The second-order valence-corrected chi connectivity index (χ2v) is 5.14. The highest BCUT2D eigenvalue weighted by Crippen LogP contribution is 2.22. The SMILES string of the molecule is CCN1CCC(NC(=O)c2ccc(OC)c(N)c2)CC1. The fourth-order valence-corrected chi connectivity index (χ4v) is 2.54. The number of hydrogen-bond acceptors (Lipinski definition) is 4. The van der Waals surface area contributed by atoms with E-state index in [0.29, 0.717) is 17.0 Å². The zero-order valence-corrected chi connectivity index (χ0v) is 12.2. The van der Waals surface area contributed by atoms with Gasteiger partial charge in [-0.3, -0.25) is 4.79 Å². The van der Waals surface area contributed by atoms with Crippen LogP contribution in [0.5, 0.6) is 5.75 Å². The number of likely N-dealkylation sites (tertiary alicyclic amines) is 1. The average molecular weight is 277 g/mol. The fourth-order valence-electron chi connectivity index (χ4n) is 2.54. The van der Waals surface area contributed by atoms with Crippen LogP contribution in [-0.2, 0) is 0 Å². The quantitative estimate of drug-likeness (QED) is 0.818. The first-order valence-electron chi connectivity index (χ1n) is 7.10. The van der Waals surface area contributed by atoms with Gasteiger partial charge in [-0.15, -0.1) is 0 Å². The van der Waals surface area contributed by atoms with Crippen LogP contribution in [-0.4, -0.2) is 43.6 Å². The van der Waals surface area contributed by atoms with E-state index < -0.39 is 0 Å². The molecule has 1 saturated heterocycles. The molecule has 1 heterocycles. The van der Waals surface area contributed by atoms with Gasteiger partial charge >= 0.3 is 0 Å². The summed E-state index contributed by atoms with van der Waals surface area (Å²) in [7, 11) is 1.56. The Morgan fingerprint density at radius 2 is 2.15 bits per heavy atom. The lowest BCUT2D eigenvalue weighted by molar-refractivity contribution is 0.0912. The zero-order valence-electron chi connectivity index (χ0n) is 12.2. The van der Waals surface area contributed by atoms with Crippen LogP contribution in [0.2, 0.25) is 0 Å². The van der Waals surface area contributed by atoms with Gasteiger partial charge < -0.3 is 20.7 Å². The summed E-state index contributed by atoms with van der Waals surface area (Å²) < 4.78 is 5.09. The maximum Gasteiger partial charge on any atom is 0.251 e. The number of ether oxygens (including phenoxy) is 1. The topological polar surface area (TPSA) is 67.6 Å². The van der Waals surface area contributed by atoms with Crippen molar-refractivity contribution in [2.45, 2.75) is 25.8 Å². The van der Waals surface area contributed by atoms with Gasteiger partial charge in [0.25, 0.3) is 5.91 Å². The molecule has 0 aliphatic carbocycles. The molecule has 5 nitrogen and oxygen atoms in total. The van der Waals surface area contributed by atoms with Gasteiger partial charge in [0, 0.05) is 24.7 Å². The second kappa shape index (κ2) is 6.61. The molecule has 1 aliphatic heterocycles. The largest absolute Gasteiger partial charge is 0.495 e. The monoisotopic (exact) mass is 277 g/mol. The van der Waals surface area contributed by atoms with Crippen molar-refractivity contribution in [2.24, 2.45) is 0 Å². The van der Waals surface area contributed by atoms with Gasteiger partial charge in [0.15, 0.2) is 0 Å². The molecule has 0 aromatic heterocycles. The molecule has 3 N–H and O–H groups in total. The first kappa shape index (κ1) is 14.7. The number of rotatable bonds is 4. The lowest BCUT2D eigenvalue weighted by Crippen LogP contribution is -2.44. The van der Waals surface area contributed by atoms with Crippen LogP contribution >= 0.6 is 0 Å². The Labute approximate surface area is 120 Å². The van der Waals surface area contributed by atoms with E-state index in [4.69, 9.17) is 10.5 Å². The van der Waals surface area contributed by atoms with Crippen LogP contribution in [0.4, 0.5) is 5.69 Å². The highest BCUT2D eigenvalue weighted by Gasteiger charge is 2.20. The Kier molecular flexibility index (Phi) is 4.84. The maximum absolute atomic E-state index is 12.2. The first-order valence-corrected chi connectivity index (χ1v) is 7.10. The fraction of sp³-hybridized carbons (Fsp3) is 0.533. The molecule has 110 valence electrons. The number of nitrogens with two attached hydrogens (primary N) is 1. The van der Waals surface area contributed by atoms with E-state index in [1.807, 2.05) is 0 Å². The molecule has 0 radical (unpaired) electrons. The lowest BCUT2D eigenvalue weighted by Gasteiger charge is -2.31. The van der Waals surface area contributed by atoms with E-state index in [1.165, 1.54) is 0 Å². The predicted molar refractivity (Wildman–Crippen MR) is 80.0 cm³/mol. The van der Waals surface area contributed by atoms with Crippen LogP contribution in [0.25, 0.3) is 0 Å². The van der Waals surface area contributed by atoms with Crippen LogP contribution in [0, 0.1) is 0 Å². The van der Waals surface area contributed by atoms with Crippen LogP contribution in [0.3, 0.4) is 0 Å². The number of carbonyl (C=O) groups is 1. The molecule has 20 heavy (non-hydrogen) atoms. The standard InChI is InChI=1S/C15H23N3O2/c1-3-18-8-6-12(7-9-18)17-15(19)11-4-5-14(20-2)13(16)10-11/h4-5,10,12H,3,6-9,16H2,1-2H3,(H,17,19). The molecular weight excluding hydrogens is 254 g/mol.